The van der Waals surface area contributed by atoms with Gasteiger partial charge in [-0.05, 0) is 17.7 Å². The van der Waals surface area contributed by atoms with Gasteiger partial charge in [0.25, 0.3) is 5.91 Å². The molecule has 25 heavy (non-hydrogen) atoms. The highest BCUT2D eigenvalue weighted by molar-refractivity contribution is 5.98. The van der Waals surface area contributed by atoms with Gasteiger partial charge in [-0.1, -0.05) is 12.1 Å². The van der Waals surface area contributed by atoms with Crippen molar-refractivity contribution in [3.63, 3.8) is 0 Å². The Hall–Kier alpha value is -2.45. The lowest BCUT2D eigenvalue weighted by Gasteiger charge is -2.26. The Morgan fingerprint density at radius 2 is 1.84 bits per heavy atom. The second-order valence-electron chi connectivity index (χ2n) is 5.94. The molecule has 0 atom stereocenters. The largest absolute Gasteiger partial charge is 0.452 e. The summed E-state index contributed by atoms with van der Waals surface area (Å²) in [5.41, 5.74) is 1.48. The number of carbonyl (C=O) groups is 3. The molecule has 0 aliphatic carbocycles. The Morgan fingerprint density at radius 1 is 1.12 bits per heavy atom. The first-order valence-corrected chi connectivity index (χ1v) is 8.28. The van der Waals surface area contributed by atoms with Crippen LogP contribution in [0.15, 0.2) is 24.3 Å². The first kappa shape index (κ1) is 17.4. The molecule has 2 aliphatic heterocycles. The summed E-state index contributed by atoms with van der Waals surface area (Å²) < 4.78 is 10.3. The molecule has 3 amide bonds. The molecule has 0 spiro atoms. The fourth-order valence-corrected chi connectivity index (χ4v) is 2.76. The third kappa shape index (κ3) is 4.55. The van der Waals surface area contributed by atoms with Crippen LogP contribution in [0.5, 0.6) is 0 Å². The van der Waals surface area contributed by atoms with E-state index in [2.05, 4.69) is 10.2 Å². The van der Waals surface area contributed by atoms with Crippen LogP contribution in [0.25, 0.3) is 0 Å². The monoisotopic (exact) mass is 347 g/mol. The number of imide groups is 1. The highest BCUT2D eigenvalue weighted by atomic mass is 16.5. The minimum atomic E-state index is -0.578. The summed E-state index contributed by atoms with van der Waals surface area (Å²) in [5, 5.41) is 2.52. The predicted octanol–water partition coefficient (Wildman–Crippen LogP) is 0.227. The van der Waals surface area contributed by atoms with E-state index in [1.807, 2.05) is 12.1 Å². The zero-order valence-electron chi connectivity index (χ0n) is 13.9. The van der Waals surface area contributed by atoms with Crippen molar-refractivity contribution < 1.29 is 23.9 Å². The van der Waals surface area contributed by atoms with Crippen molar-refractivity contribution in [1.82, 2.24) is 15.1 Å². The second-order valence-corrected chi connectivity index (χ2v) is 5.94. The van der Waals surface area contributed by atoms with Crippen molar-refractivity contribution in [3.05, 3.63) is 35.4 Å². The van der Waals surface area contributed by atoms with Gasteiger partial charge in [0.1, 0.15) is 0 Å². The molecular formula is C17H21N3O5. The Bertz CT molecular complexity index is 640. The van der Waals surface area contributed by atoms with E-state index < -0.39 is 24.5 Å². The van der Waals surface area contributed by atoms with E-state index in [0.29, 0.717) is 18.7 Å². The molecule has 2 fully saturated rings. The molecule has 8 heteroatoms. The molecular weight excluding hydrogens is 326 g/mol. The fraction of sp³-hybridized carbons (Fsp3) is 0.471. The normalized spacial score (nSPS) is 18.1. The highest BCUT2D eigenvalue weighted by Crippen LogP contribution is 2.10. The van der Waals surface area contributed by atoms with Crippen LogP contribution in [0.3, 0.4) is 0 Å². The first-order chi connectivity index (χ1) is 12.1. The Balaban J connectivity index is 1.48. The molecule has 0 bridgehead atoms. The Morgan fingerprint density at radius 3 is 2.48 bits per heavy atom. The SMILES string of the molecule is O=C(OCC(=O)N1CCNC1=O)c1ccc(CN2CCOCC2)cc1. The van der Waals surface area contributed by atoms with Crippen LogP contribution in [0.4, 0.5) is 4.79 Å². The lowest BCUT2D eigenvalue weighted by Crippen LogP contribution is -2.37. The minimum absolute atomic E-state index is 0.297. The van der Waals surface area contributed by atoms with Gasteiger partial charge in [0.05, 0.1) is 18.8 Å². The molecule has 2 aliphatic rings. The van der Waals surface area contributed by atoms with Crippen LogP contribution in [-0.4, -0.2) is 73.7 Å². The van der Waals surface area contributed by atoms with Gasteiger partial charge in [-0.3, -0.25) is 14.6 Å². The number of hydrogen-bond donors (Lipinski definition) is 1. The molecule has 1 aromatic carbocycles. The smallest absolute Gasteiger partial charge is 0.338 e. The first-order valence-electron chi connectivity index (χ1n) is 8.28. The maximum absolute atomic E-state index is 12.0. The molecule has 3 rings (SSSR count). The van der Waals surface area contributed by atoms with E-state index in [1.54, 1.807) is 12.1 Å². The topological polar surface area (TPSA) is 88.2 Å². The number of urea groups is 1. The summed E-state index contributed by atoms with van der Waals surface area (Å²) in [6, 6.07) is 6.67. The Kier molecular flexibility index (Phi) is 5.62. The number of ether oxygens (including phenoxy) is 2. The van der Waals surface area contributed by atoms with Crippen LogP contribution >= 0.6 is 0 Å². The van der Waals surface area contributed by atoms with E-state index in [4.69, 9.17) is 9.47 Å². The van der Waals surface area contributed by atoms with Gasteiger partial charge in [0, 0.05) is 32.7 Å². The molecule has 1 aromatic rings. The zero-order chi connectivity index (χ0) is 17.6. The van der Waals surface area contributed by atoms with E-state index in [1.165, 1.54) is 0 Å². The van der Waals surface area contributed by atoms with Gasteiger partial charge >= 0.3 is 12.0 Å². The van der Waals surface area contributed by atoms with Crippen LogP contribution in [0.1, 0.15) is 15.9 Å². The van der Waals surface area contributed by atoms with Gasteiger partial charge in [0.15, 0.2) is 6.61 Å². The number of nitrogens with one attached hydrogen (secondary N) is 1. The highest BCUT2D eigenvalue weighted by Gasteiger charge is 2.26. The molecule has 0 saturated carbocycles. The van der Waals surface area contributed by atoms with E-state index >= 15 is 0 Å². The van der Waals surface area contributed by atoms with Crippen LogP contribution in [0.2, 0.25) is 0 Å². The lowest BCUT2D eigenvalue weighted by atomic mass is 10.1. The number of esters is 1. The fourth-order valence-electron chi connectivity index (χ4n) is 2.76. The van der Waals surface area contributed by atoms with Crippen LogP contribution < -0.4 is 5.32 Å². The standard InChI is InChI=1S/C17H21N3O5/c21-15(20-6-5-18-17(20)23)12-25-16(22)14-3-1-13(2-4-14)11-19-7-9-24-10-8-19/h1-4H,5-12H2,(H,18,23). The maximum Gasteiger partial charge on any atom is 0.338 e. The molecule has 2 saturated heterocycles. The van der Waals surface area contributed by atoms with E-state index in [-0.39, 0.29) is 0 Å². The number of nitrogens with zero attached hydrogens (tertiary/aromatic N) is 2. The molecule has 1 N–H and O–H groups in total. The molecule has 0 aromatic heterocycles. The zero-order valence-corrected chi connectivity index (χ0v) is 13.9. The van der Waals surface area contributed by atoms with Crippen LogP contribution in [0, 0.1) is 0 Å². The van der Waals surface area contributed by atoms with Crippen molar-refractivity contribution in [2.24, 2.45) is 0 Å². The third-order valence-corrected chi connectivity index (χ3v) is 4.18. The van der Waals surface area contributed by atoms with Gasteiger partial charge < -0.3 is 14.8 Å². The van der Waals surface area contributed by atoms with Crippen molar-refractivity contribution in [1.29, 1.82) is 0 Å². The Labute approximate surface area is 145 Å². The summed E-state index contributed by atoms with van der Waals surface area (Å²) >= 11 is 0. The summed E-state index contributed by atoms with van der Waals surface area (Å²) in [4.78, 5) is 38.6. The minimum Gasteiger partial charge on any atom is -0.452 e. The number of amides is 3. The maximum atomic E-state index is 12.0. The van der Waals surface area contributed by atoms with Crippen molar-refractivity contribution in [2.75, 3.05) is 46.0 Å². The quantitative estimate of drug-likeness (QED) is 0.767. The molecule has 8 nitrogen and oxygen atoms in total. The van der Waals surface area contributed by atoms with Gasteiger partial charge in [-0.15, -0.1) is 0 Å². The number of benzene rings is 1. The number of rotatable bonds is 5. The molecule has 2 heterocycles. The van der Waals surface area contributed by atoms with Gasteiger partial charge in [-0.2, -0.15) is 0 Å². The summed E-state index contributed by atoms with van der Waals surface area (Å²) in [7, 11) is 0. The average molecular weight is 347 g/mol. The summed E-state index contributed by atoms with van der Waals surface area (Å²) in [5.74, 6) is -1.10. The third-order valence-electron chi connectivity index (χ3n) is 4.18. The molecule has 0 unspecified atom stereocenters. The number of hydrogen-bond acceptors (Lipinski definition) is 6. The van der Waals surface area contributed by atoms with Crippen molar-refractivity contribution in [2.45, 2.75) is 6.54 Å². The lowest BCUT2D eigenvalue weighted by molar-refractivity contribution is -0.130. The molecule has 0 radical (unpaired) electrons. The average Bonchev–Trinajstić information content (AvgIpc) is 3.07. The summed E-state index contributed by atoms with van der Waals surface area (Å²) in [6.07, 6.45) is 0. The van der Waals surface area contributed by atoms with E-state index in [9.17, 15) is 14.4 Å². The van der Waals surface area contributed by atoms with Gasteiger partial charge in [-0.25, -0.2) is 9.59 Å². The van der Waals surface area contributed by atoms with Crippen molar-refractivity contribution in [3.8, 4) is 0 Å². The van der Waals surface area contributed by atoms with Gasteiger partial charge in [0.2, 0.25) is 0 Å². The van der Waals surface area contributed by atoms with Crippen molar-refractivity contribution >= 4 is 17.9 Å². The second kappa shape index (κ2) is 8.09. The predicted molar refractivity (Wildman–Crippen MR) is 87.9 cm³/mol. The summed E-state index contributed by atoms with van der Waals surface area (Å²) in [6.45, 7) is 4.37. The molecule has 134 valence electrons. The number of carbonyl (C=O) groups excluding carboxylic acids is 3. The van der Waals surface area contributed by atoms with E-state index in [0.717, 1.165) is 43.3 Å². The van der Waals surface area contributed by atoms with Crippen LogP contribution in [-0.2, 0) is 20.8 Å². The number of morpholine rings is 1.